The molecule has 0 aromatic rings. The van der Waals surface area contributed by atoms with Crippen molar-refractivity contribution in [2.45, 2.75) is 20.0 Å². The van der Waals surface area contributed by atoms with E-state index >= 15 is 0 Å². The summed E-state index contributed by atoms with van der Waals surface area (Å²) in [6, 6.07) is 0. The second kappa shape index (κ2) is 14.7. The van der Waals surface area contributed by atoms with Crippen molar-refractivity contribution in [2.75, 3.05) is 53.6 Å². The summed E-state index contributed by atoms with van der Waals surface area (Å²) in [5.41, 5.74) is 0.788. The van der Waals surface area contributed by atoms with Gasteiger partial charge in [0, 0.05) is 19.2 Å². The van der Waals surface area contributed by atoms with Gasteiger partial charge >= 0.3 is 5.97 Å². The summed E-state index contributed by atoms with van der Waals surface area (Å²) >= 11 is 0. The van der Waals surface area contributed by atoms with Crippen LogP contribution in [0, 0.1) is 0 Å². The second-order valence-electron chi connectivity index (χ2n) is 5.35. The van der Waals surface area contributed by atoms with E-state index in [0.717, 1.165) is 0 Å². The average molecular weight is 359 g/mol. The van der Waals surface area contributed by atoms with Gasteiger partial charge in [-0.1, -0.05) is 13.2 Å². The second-order valence-corrected chi connectivity index (χ2v) is 5.35. The maximum atomic E-state index is 11.4. The number of hydrogen-bond acceptors (Lipinski definition) is 8. The van der Waals surface area contributed by atoms with Crippen LogP contribution in [0.15, 0.2) is 24.3 Å². The Labute approximate surface area is 149 Å². The highest BCUT2D eigenvalue weighted by molar-refractivity contribution is 5.95. The third kappa shape index (κ3) is 13.4. The van der Waals surface area contributed by atoms with E-state index in [1.54, 1.807) is 13.8 Å². The molecule has 0 aromatic heterocycles. The van der Waals surface area contributed by atoms with E-state index in [-0.39, 0.29) is 39.1 Å². The highest BCUT2D eigenvalue weighted by atomic mass is 16.7. The maximum Gasteiger partial charge on any atom is 0.333 e. The Hall–Kier alpha value is -1.58. The van der Waals surface area contributed by atoms with E-state index in [1.165, 1.54) is 7.11 Å². The number of carbonyl (C=O) groups excluding carboxylic acids is 2. The molecule has 0 saturated heterocycles. The fraction of sp³-hybridized carbons (Fsp3) is 0.647. The fourth-order valence-corrected chi connectivity index (χ4v) is 1.38. The van der Waals surface area contributed by atoms with Crippen LogP contribution in [0.1, 0.15) is 13.8 Å². The van der Waals surface area contributed by atoms with Gasteiger partial charge in [-0.2, -0.15) is 0 Å². The first-order chi connectivity index (χ1) is 11.9. The summed E-state index contributed by atoms with van der Waals surface area (Å²) in [6.45, 7) is 11.7. The van der Waals surface area contributed by atoms with Crippen LogP contribution >= 0.6 is 0 Å². The molecule has 1 atom stereocenters. The van der Waals surface area contributed by atoms with Gasteiger partial charge in [0.15, 0.2) is 5.78 Å². The van der Waals surface area contributed by atoms with Crippen LogP contribution in [0.4, 0.5) is 0 Å². The first-order valence-corrected chi connectivity index (χ1v) is 7.86. The first-order valence-electron chi connectivity index (χ1n) is 7.86. The minimum absolute atomic E-state index is 0.0161. The number of ether oxygens (including phenoxy) is 5. The number of nitrogens with one attached hydrogen (secondary N) is 1. The van der Waals surface area contributed by atoms with Gasteiger partial charge in [0.1, 0.15) is 26.1 Å². The van der Waals surface area contributed by atoms with Crippen molar-refractivity contribution in [1.29, 1.82) is 0 Å². The molecular weight excluding hydrogens is 330 g/mol. The minimum atomic E-state index is -0.483. The molecular formula is C17H29NO7. The Kier molecular flexibility index (Phi) is 13.8. The zero-order valence-electron chi connectivity index (χ0n) is 15.3. The lowest BCUT2D eigenvalue weighted by Crippen LogP contribution is -2.33. The van der Waals surface area contributed by atoms with Crippen molar-refractivity contribution in [3.8, 4) is 0 Å². The van der Waals surface area contributed by atoms with Gasteiger partial charge in [-0.05, 0) is 19.4 Å². The smallest absolute Gasteiger partial charge is 0.333 e. The van der Waals surface area contributed by atoms with Crippen molar-refractivity contribution in [2.24, 2.45) is 0 Å². The molecule has 0 radical (unpaired) electrons. The third-order valence-corrected chi connectivity index (χ3v) is 2.81. The van der Waals surface area contributed by atoms with E-state index in [2.05, 4.69) is 18.5 Å². The van der Waals surface area contributed by atoms with E-state index in [1.807, 2.05) is 0 Å². The van der Waals surface area contributed by atoms with Gasteiger partial charge < -0.3 is 23.7 Å². The molecule has 0 amide bonds. The Morgan fingerprint density at radius 3 is 2.40 bits per heavy atom. The van der Waals surface area contributed by atoms with Crippen LogP contribution in [0.2, 0.25) is 0 Å². The highest BCUT2D eigenvalue weighted by Gasteiger charge is 2.13. The lowest BCUT2D eigenvalue weighted by atomic mass is 10.2. The predicted molar refractivity (Wildman–Crippen MR) is 92.0 cm³/mol. The van der Waals surface area contributed by atoms with Gasteiger partial charge in [-0.25, -0.2) is 4.79 Å². The molecule has 144 valence electrons. The number of esters is 1. The number of methoxy groups -OCH3 is 1. The quantitative estimate of drug-likeness (QED) is 0.187. The fourth-order valence-electron chi connectivity index (χ4n) is 1.38. The molecule has 0 saturated carbocycles. The number of carbonyl (C=O) groups is 2. The highest BCUT2D eigenvalue weighted by Crippen LogP contribution is 1.99. The SMILES string of the molecule is C=C(C)C(=O)COCCNCOC(COCOC)COC(=O)C(=C)C. The molecule has 8 heteroatoms. The number of rotatable bonds is 16. The van der Waals surface area contributed by atoms with Crippen molar-refractivity contribution in [1.82, 2.24) is 5.32 Å². The third-order valence-electron chi connectivity index (χ3n) is 2.81. The first kappa shape index (κ1) is 23.4. The molecule has 0 aliphatic heterocycles. The Bertz CT molecular complexity index is 437. The normalized spacial score (nSPS) is 11.8. The van der Waals surface area contributed by atoms with Gasteiger partial charge in [0.2, 0.25) is 0 Å². The van der Waals surface area contributed by atoms with Gasteiger partial charge in [0.25, 0.3) is 0 Å². The summed E-state index contributed by atoms with van der Waals surface area (Å²) in [5.74, 6) is -0.602. The van der Waals surface area contributed by atoms with E-state index in [0.29, 0.717) is 24.3 Å². The van der Waals surface area contributed by atoms with Crippen molar-refractivity contribution >= 4 is 11.8 Å². The number of Topliss-reactive ketones (excluding diaryl/α,β-unsaturated/α-hetero) is 1. The van der Waals surface area contributed by atoms with E-state index in [4.69, 9.17) is 23.7 Å². The van der Waals surface area contributed by atoms with Crippen LogP contribution in [0.3, 0.4) is 0 Å². The number of ketones is 1. The molecule has 0 aliphatic rings. The molecule has 0 fully saturated rings. The summed E-state index contributed by atoms with van der Waals surface area (Å²) in [5, 5.41) is 2.99. The molecule has 0 aliphatic carbocycles. The Balaban J connectivity index is 3.92. The predicted octanol–water partition coefficient (Wildman–Crippen LogP) is 0.820. The van der Waals surface area contributed by atoms with Gasteiger partial charge in [-0.3, -0.25) is 10.1 Å². The van der Waals surface area contributed by atoms with Crippen molar-refractivity contribution < 1.29 is 33.3 Å². The largest absolute Gasteiger partial charge is 0.459 e. The number of hydrogen-bond donors (Lipinski definition) is 1. The van der Waals surface area contributed by atoms with Crippen LogP contribution in [-0.2, 0) is 33.3 Å². The van der Waals surface area contributed by atoms with Crippen LogP contribution < -0.4 is 5.32 Å². The van der Waals surface area contributed by atoms with Gasteiger partial charge in [-0.15, -0.1) is 0 Å². The minimum Gasteiger partial charge on any atom is -0.459 e. The maximum absolute atomic E-state index is 11.4. The molecule has 0 spiro atoms. The molecule has 0 heterocycles. The van der Waals surface area contributed by atoms with Crippen molar-refractivity contribution in [3.63, 3.8) is 0 Å². The molecule has 25 heavy (non-hydrogen) atoms. The van der Waals surface area contributed by atoms with Crippen molar-refractivity contribution in [3.05, 3.63) is 24.3 Å². The topological polar surface area (TPSA) is 92.3 Å². The molecule has 0 aromatic carbocycles. The Morgan fingerprint density at radius 2 is 1.80 bits per heavy atom. The molecule has 0 rings (SSSR count). The average Bonchev–Trinajstić information content (AvgIpc) is 2.57. The Morgan fingerprint density at radius 1 is 1.08 bits per heavy atom. The van der Waals surface area contributed by atoms with Crippen LogP contribution in [0.25, 0.3) is 0 Å². The lowest BCUT2D eigenvalue weighted by molar-refractivity contribution is -0.147. The standard InChI is InChI=1S/C17H29NO7/c1-13(2)16(19)10-22-7-6-18-11-25-15(8-23-12-21-5)9-24-17(20)14(3)4/h15,18H,1,3,6-12H2,2,4-5H3. The zero-order chi connectivity index (χ0) is 19.1. The van der Waals surface area contributed by atoms with E-state index < -0.39 is 12.1 Å². The van der Waals surface area contributed by atoms with Crippen LogP contribution in [-0.4, -0.2) is 71.5 Å². The summed E-state index contributed by atoms with van der Waals surface area (Å²) in [4.78, 5) is 22.7. The van der Waals surface area contributed by atoms with Gasteiger partial charge in [0.05, 0.1) is 19.9 Å². The van der Waals surface area contributed by atoms with Crippen LogP contribution in [0.5, 0.6) is 0 Å². The molecule has 8 nitrogen and oxygen atoms in total. The lowest BCUT2D eigenvalue weighted by Gasteiger charge is -2.18. The summed E-state index contributed by atoms with van der Waals surface area (Å²) in [6.07, 6.45) is -0.447. The molecule has 0 bridgehead atoms. The zero-order valence-corrected chi connectivity index (χ0v) is 15.3. The van der Waals surface area contributed by atoms with E-state index in [9.17, 15) is 9.59 Å². The summed E-state index contributed by atoms with van der Waals surface area (Å²) in [7, 11) is 1.51. The monoisotopic (exact) mass is 359 g/mol. The molecule has 1 unspecified atom stereocenters. The summed E-state index contributed by atoms with van der Waals surface area (Å²) < 4.78 is 25.8. The molecule has 1 N–H and O–H groups in total.